The summed E-state index contributed by atoms with van der Waals surface area (Å²) >= 11 is 0. The number of aliphatic hydroxyl groups is 1. The van der Waals surface area contributed by atoms with Crippen molar-refractivity contribution < 1.29 is 10.2 Å². The van der Waals surface area contributed by atoms with Crippen LogP contribution in [-0.4, -0.2) is 16.3 Å². The molecule has 0 aromatic heterocycles. The van der Waals surface area contributed by atoms with Crippen LogP contribution in [0.15, 0.2) is 30.4 Å². The van der Waals surface area contributed by atoms with E-state index in [9.17, 15) is 10.2 Å². The Hall–Kier alpha value is -1.28. The lowest BCUT2D eigenvalue weighted by Gasteiger charge is -2.16. The third-order valence-electron chi connectivity index (χ3n) is 3.16. The summed E-state index contributed by atoms with van der Waals surface area (Å²) in [4.78, 5) is 0. The van der Waals surface area contributed by atoms with Crippen LogP contribution in [0.3, 0.4) is 0 Å². The molecule has 0 aliphatic rings. The lowest BCUT2D eigenvalue weighted by Crippen LogP contribution is -2.08. The Bertz CT molecular complexity index is 396. The van der Waals surface area contributed by atoms with E-state index in [0.717, 1.165) is 23.1 Å². The highest BCUT2D eigenvalue weighted by atomic mass is 16.3. The van der Waals surface area contributed by atoms with Gasteiger partial charge >= 0.3 is 0 Å². The van der Waals surface area contributed by atoms with E-state index < -0.39 is 6.10 Å². The van der Waals surface area contributed by atoms with Crippen molar-refractivity contribution in [2.45, 2.75) is 45.6 Å². The van der Waals surface area contributed by atoms with Crippen molar-refractivity contribution >= 4 is 0 Å². The summed E-state index contributed by atoms with van der Waals surface area (Å²) in [7, 11) is 0. The maximum Gasteiger partial charge on any atom is 0.119 e. The molecule has 1 aromatic rings. The Balaban J connectivity index is 2.64. The molecule has 0 fully saturated rings. The zero-order valence-electron chi connectivity index (χ0n) is 10.9. The third-order valence-corrected chi connectivity index (χ3v) is 3.16. The quantitative estimate of drug-likeness (QED) is 0.765. The molecule has 2 atom stereocenters. The summed E-state index contributed by atoms with van der Waals surface area (Å²) < 4.78 is 0. The van der Waals surface area contributed by atoms with Gasteiger partial charge in [0.15, 0.2) is 0 Å². The van der Waals surface area contributed by atoms with Gasteiger partial charge in [0.05, 0.1) is 6.10 Å². The van der Waals surface area contributed by atoms with Gasteiger partial charge in [-0.1, -0.05) is 31.2 Å². The minimum atomic E-state index is -0.440. The number of hydrogen-bond donors (Lipinski definition) is 2. The molecule has 0 bridgehead atoms. The highest BCUT2D eigenvalue weighted by molar-refractivity contribution is 5.38. The van der Waals surface area contributed by atoms with Gasteiger partial charge in [-0.05, 0) is 49.8 Å². The second-order valence-electron chi connectivity index (χ2n) is 4.90. The van der Waals surface area contributed by atoms with Crippen molar-refractivity contribution in [1.82, 2.24) is 0 Å². The summed E-state index contributed by atoms with van der Waals surface area (Å²) in [5, 5.41) is 19.5. The fourth-order valence-electron chi connectivity index (χ4n) is 1.88. The summed E-state index contributed by atoms with van der Waals surface area (Å²) in [6.45, 7) is 9.59. The first-order valence-electron chi connectivity index (χ1n) is 6.04. The number of aryl methyl sites for hydroxylation is 1. The lowest BCUT2D eigenvalue weighted by atomic mass is 9.92. The zero-order valence-corrected chi connectivity index (χ0v) is 10.9. The van der Waals surface area contributed by atoms with Crippen LogP contribution in [0.5, 0.6) is 5.75 Å². The van der Waals surface area contributed by atoms with Crippen molar-refractivity contribution in [2.24, 2.45) is 0 Å². The van der Waals surface area contributed by atoms with E-state index in [-0.39, 0.29) is 5.92 Å². The first kappa shape index (κ1) is 13.8. The molecule has 2 heteroatoms. The number of hydrogen-bond acceptors (Lipinski definition) is 2. The Kier molecular flexibility index (Phi) is 4.76. The summed E-state index contributed by atoms with van der Waals surface area (Å²) in [6, 6.07) is 5.74. The van der Waals surface area contributed by atoms with E-state index in [1.807, 2.05) is 26.0 Å². The molecule has 0 unspecified atom stereocenters. The monoisotopic (exact) mass is 234 g/mol. The molecule has 0 heterocycles. The molecule has 0 spiro atoms. The second kappa shape index (κ2) is 5.87. The molecule has 0 aliphatic heterocycles. The SMILES string of the molecule is C=C(C)[C@H](O)CC[C@H](C)c1ccc(C)cc1O. The molecule has 17 heavy (non-hydrogen) atoms. The van der Waals surface area contributed by atoms with Crippen LogP contribution >= 0.6 is 0 Å². The van der Waals surface area contributed by atoms with Crippen molar-refractivity contribution in [2.75, 3.05) is 0 Å². The van der Waals surface area contributed by atoms with Crippen LogP contribution in [-0.2, 0) is 0 Å². The standard InChI is InChI=1S/C15H22O2/c1-10(2)14(16)8-6-12(4)13-7-5-11(3)9-15(13)17/h5,7,9,12,14,16-17H,1,6,8H2,2-4H3/t12-,14+/m0/s1. The molecule has 0 saturated heterocycles. The minimum absolute atomic E-state index is 0.240. The first-order valence-corrected chi connectivity index (χ1v) is 6.04. The van der Waals surface area contributed by atoms with Crippen LogP contribution < -0.4 is 0 Å². The third kappa shape index (κ3) is 3.90. The number of benzene rings is 1. The normalized spacial score (nSPS) is 14.4. The molecule has 0 radical (unpaired) electrons. The van der Waals surface area contributed by atoms with Crippen LogP contribution in [0, 0.1) is 6.92 Å². The largest absolute Gasteiger partial charge is 0.508 e. The number of aromatic hydroxyl groups is 1. The average Bonchev–Trinajstić information content (AvgIpc) is 2.25. The highest BCUT2D eigenvalue weighted by Gasteiger charge is 2.13. The van der Waals surface area contributed by atoms with Crippen LogP contribution in [0.4, 0.5) is 0 Å². The maximum absolute atomic E-state index is 9.86. The van der Waals surface area contributed by atoms with E-state index in [1.54, 1.807) is 6.07 Å². The van der Waals surface area contributed by atoms with E-state index >= 15 is 0 Å². The molecular formula is C15H22O2. The van der Waals surface area contributed by atoms with Crippen LogP contribution in [0.1, 0.15) is 43.7 Å². The molecule has 1 aromatic carbocycles. The van der Waals surface area contributed by atoms with E-state index in [2.05, 4.69) is 13.5 Å². The predicted molar refractivity (Wildman–Crippen MR) is 71.3 cm³/mol. The summed E-state index contributed by atoms with van der Waals surface area (Å²) in [5.74, 6) is 0.590. The summed E-state index contributed by atoms with van der Waals surface area (Å²) in [5.41, 5.74) is 2.80. The van der Waals surface area contributed by atoms with Crippen LogP contribution in [0.25, 0.3) is 0 Å². The number of phenolic OH excluding ortho intramolecular Hbond substituents is 1. The Morgan fingerprint density at radius 2 is 2.00 bits per heavy atom. The summed E-state index contributed by atoms with van der Waals surface area (Å²) in [6.07, 6.45) is 1.08. The topological polar surface area (TPSA) is 40.5 Å². The van der Waals surface area contributed by atoms with Gasteiger partial charge in [0.2, 0.25) is 0 Å². The van der Waals surface area contributed by atoms with Crippen molar-refractivity contribution in [3.8, 4) is 5.75 Å². The molecule has 0 saturated carbocycles. The van der Waals surface area contributed by atoms with Gasteiger partial charge in [0.1, 0.15) is 5.75 Å². The highest BCUT2D eigenvalue weighted by Crippen LogP contribution is 2.30. The van der Waals surface area contributed by atoms with Gasteiger partial charge in [0.25, 0.3) is 0 Å². The van der Waals surface area contributed by atoms with Gasteiger partial charge in [-0.2, -0.15) is 0 Å². The molecule has 0 aliphatic carbocycles. The van der Waals surface area contributed by atoms with Gasteiger partial charge < -0.3 is 10.2 Å². The Morgan fingerprint density at radius 1 is 1.35 bits per heavy atom. The minimum Gasteiger partial charge on any atom is -0.508 e. The number of aliphatic hydroxyl groups excluding tert-OH is 1. The van der Waals surface area contributed by atoms with Crippen molar-refractivity contribution in [3.63, 3.8) is 0 Å². The average molecular weight is 234 g/mol. The predicted octanol–water partition coefficient (Wildman–Crippen LogP) is 3.52. The molecule has 2 nitrogen and oxygen atoms in total. The number of rotatable bonds is 5. The van der Waals surface area contributed by atoms with Gasteiger partial charge in [-0.15, -0.1) is 0 Å². The molecule has 1 rings (SSSR count). The fraction of sp³-hybridized carbons (Fsp3) is 0.467. The van der Waals surface area contributed by atoms with Gasteiger partial charge in [0, 0.05) is 0 Å². The Labute approximate surface area is 104 Å². The first-order chi connectivity index (χ1) is 7.91. The molecule has 2 N–H and O–H groups in total. The van der Waals surface area contributed by atoms with Gasteiger partial charge in [-0.3, -0.25) is 0 Å². The number of phenols is 1. The molecule has 94 valence electrons. The maximum atomic E-state index is 9.86. The van der Waals surface area contributed by atoms with Crippen molar-refractivity contribution in [1.29, 1.82) is 0 Å². The van der Waals surface area contributed by atoms with E-state index in [1.165, 1.54) is 0 Å². The van der Waals surface area contributed by atoms with E-state index in [0.29, 0.717) is 12.2 Å². The van der Waals surface area contributed by atoms with E-state index in [4.69, 9.17) is 0 Å². The van der Waals surface area contributed by atoms with Crippen LogP contribution in [0.2, 0.25) is 0 Å². The smallest absolute Gasteiger partial charge is 0.119 e. The Morgan fingerprint density at radius 3 is 2.53 bits per heavy atom. The lowest BCUT2D eigenvalue weighted by molar-refractivity contribution is 0.195. The second-order valence-corrected chi connectivity index (χ2v) is 4.90. The van der Waals surface area contributed by atoms with Crippen molar-refractivity contribution in [3.05, 3.63) is 41.5 Å². The zero-order chi connectivity index (χ0) is 13.0. The molecule has 0 amide bonds. The fourth-order valence-corrected chi connectivity index (χ4v) is 1.88. The van der Waals surface area contributed by atoms with Gasteiger partial charge in [-0.25, -0.2) is 0 Å². The molecular weight excluding hydrogens is 212 g/mol.